The predicted molar refractivity (Wildman–Crippen MR) is 202 cm³/mol. The van der Waals surface area contributed by atoms with E-state index in [1.54, 1.807) is 0 Å². The first-order chi connectivity index (χ1) is 22.5. The minimum Gasteiger partial charge on any atom is -0.382 e. The lowest BCUT2D eigenvalue weighted by atomic mass is 9.46. The van der Waals surface area contributed by atoms with Gasteiger partial charge in [-0.2, -0.15) is 0 Å². The van der Waals surface area contributed by atoms with Crippen molar-refractivity contribution in [1.82, 2.24) is 0 Å². The fraction of sp³-hybridized carbons (Fsp3) is 0.889. The van der Waals surface area contributed by atoms with Crippen LogP contribution in [0.2, 0.25) is 0 Å². The molecule has 4 aliphatic carbocycles. The quantitative estimate of drug-likeness (QED) is 0.0991. The summed E-state index contributed by atoms with van der Waals surface area (Å²) in [6, 6.07) is 0. The number of carbonyl (C=O) groups is 1. The second kappa shape index (κ2) is 18.4. The predicted octanol–water partition coefficient (Wildman–Crippen LogP) is 13.4. The third-order valence-electron chi connectivity index (χ3n) is 14.6. The lowest BCUT2D eigenvalue weighted by Crippen LogP contribution is -2.54. The van der Waals surface area contributed by atoms with Gasteiger partial charge in [-0.1, -0.05) is 136 Å². The summed E-state index contributed by atoms with van der Waals surface area (Å²) in [6.45, 7) is 14.8. The van der Waals surface area contributed by atoms with Crippen LogP contribution in [0.3, 0.4) is 0 Å². The largest absolute Gasteiger partial charge is 0.382 e. The zero-order valence-corrected chi connectivity index (χ0v) is 32.2. The molecule has 3 fully saturated rings. The van der Waals surface area contributed by atoms with Crippen molar-refractivity contribution in [2.24, 2.45) is 46.3 Å². The molecule has 0 radical (unpaired) electrons. The highest BCUT2D eigenvalue weighted by Crippen LogP contribution is 2.67. The smallest absolute Gasteiger partial charge is 0.164 e. The van der Waals surface area contributed by atoms with E-state index in [-0.39, 0.29) is 11.2 Å². The first-order valence-electron chi connectivity index (χ1n) is 21.2. The van der Waals surface area contributed by atoms with E-state index in [1.807, 2.05) is 0 Å². The summed E-state index contributed by atoms with van der Waals surface area (Å²) in [4.78, 5) is 13.4. The summed E-state index contributed by atoms with van der Waals surface area (Å²) in [7, 11) is 0. The SMILES string of the molecule is CCCCCCCCC=CCCCCCCCC(=O)C1(O)CC[C@@]2(C)C(=CC[C@H]3[C@@H]4CC[C@H]([C@H](C)CCCC(C)C)[C@@]4(C)CC[C@@H]32)C1. The Labute approximate surface area is 292 Å². The highest BCUT2D eigenvalue weighted by molar-refractivity contribution is 5.87. The average Bonchev–Trinajstić information content (AvgIpc) is 3.40. The number of Topliss-reactive ketones (excluding diaryl/α,β-unsaturated/α-hetero) is 1. The molecule has 0 bridgehead atoms. The molecule has 8 atom stereocenters. The zero-order chi connectivity index (χ0) is 33.9. The summed E-state index contributed by atoms with van der Waals surface area (Å²) in [5.74, 6) is 5.09. The van der Waals surface area contributed by atoms with Crippen LogP contribution < -0.4 is 0 Å². The third kappa shape index (κ3) is 9.88. The van der Waals surface area contributed by atoms with E-state index in [9.17, 15) is 9.90 Å². The molecule has 2 nitrogen and oxygen atoms in total. The van der Waals surface area contributed by atoms with Crippen LogP contribution in [0.5, 0.6) is 0 Å². The molecule has 0 aliphatic heterocycles. The maximum absolute atomic E-state index is 13.4. The number of hydrogen-bond donors (Lipinski definition) is 1. The van der Waals surface area contributed by atoms with E-state index in [0.29, 0.717) is 24.7 Å². The first-order valence-corrected chi connectivity index (χ1v) is 21.2. The Morgan fingerprint density at radius 1 is 0.809 bits per heavy atom. The van der Waals surface area contributed by atoms with Crippen LogP contribution in [-0.4, -0.2) is 16.5 Å². The molecular formula is C45H78O2. The van der Waals surface area contributed by atoms with Crippen molar-refractivity contribution in [3.05, 3.63) is 23.8 Å². The highest BCUT2D eigenvalue weighted by atomic mass is 16.3. The van der Waals surface area contributed by atoms with Crippen molar-refractivity contribution >= 4 is 5.78 Å². The van der Waals surface area contributed by atoms with Crippen molar-refractivity contribution < 1.29 is 9.90 Å². The molecule has 4 rings (SSSR count). The van der Waals surface area contributed by atoms with Crippen LogP contribution in [0.4, 0.5) is 0 Å². The fourth-order valence-corrected chi connectivity index (χ4v) is 11.5. The van der Waals surface area contributed by atoms with E-state index in [2.05, 4.69) is 59.8 Å². The molecule has 0 heterocycles. The minimum absolute atomic E-state index is 0.126. The molecule has 0 spiro atoms. The van der Waals surface area contributed by atoms with Crippen molar-refractivity contribution in [2.75, 3.05) is 0 Å². The molecule has 4 aliphatic rings. The lowest BCUT2D eigenvalue weighted by molar-refractivity contribution is -0.143. The zero-order valence-electron chi connectivity index (χ0n) is 32.2. The molecule has 1 unspecified atom stereocenters. The van der Waals surface area contributed by atoms with Crippen molar-refractivity contribution in [2.45, 2.75) is 208 Å². The summed E-state index contributed by atoms with van der Waals surface area (Å²) in [5, 5.41) is 11.7. The number of allylic oxidation sites excluding steroid dienone is 3. The van der Waals surface area contributed by atoms with Gasteiger partial charge in [-0.3, -0.25) is 4.79 Å². The lowest BCUT2D eigenvalue weighted by Gasteiger charge is -2.59. The summed E-state index contributed by atoms with van der Waals surface area (Å²) < 4.78 is 0. The first kappa shape index (κ1) is 38.9. The topological polar surface area (TPSA) is 37.3 Å². The highest BCUT2D eigenvalue weighted by Gasteiger charge is 2.60. The van der Waals surface area contributed by atoms with Crippen LogP contribution in [0.15, 0.2) is 23.8 Å². The molecule has 0 saturated heterocycles. The van der Waals surface area contributed by atoms with Gasteiger partial charge in [-0.05, 0) is 123 Å². The molecule has 270 valence electrons. The average molecular weight is 651 g/mol. The Morgan fingerprint density at radius 3 is 2.15 bits per heavy atom. The maximum atomic E-state index is 13.4. The van der Waals surface area contributed by atoms with Crippen molar-refractivity contribution in [3.8, 4) is 0 Å². The number of rotatable bonds is 21. The Bertz CT molecular complexity index is 1010. The molecule has 0 amide bonds. The number of ketones is 1. The van der Waals surface area contributed by atoms with Gasteiger partial charge in [-0.15, -0.1) is 0 Å². The third-order valence-corrected chi connectivity index (χ3v) is 14.6. The monoisotopic (exact) mass is 651 g/mol. The number of unbranched alkanes of at least 4 members (excludes halogenated alkanes) is 11. The second-order valence-corrected chi connectivity index (χ2v) is 18.3. The van der Waals surface area contributed by atoms with Gasteiger partial charge in [0.05, 0.1) is 0 Å². The number of fused-ring (bicyclic) bond motifs is 5. The summed E-state index contributed by atoms with van der Waals surface area (Å²) >= 11 is 0. The van der Waals surface area contributed by atoms with Gasteiger partial charge >= 0.3 is 0 Å². The van der Waals surface area contributed by atoms with E-state index in [4.69, 9.17) is 0 Å². The Balaban J connectivity index is 1.17. The Hall–Kier alpha value is -0.890. The fourth-order valence-electron chi connectivity index (χ4n) is 11.5. The van der Waals surface area contributed by atoms with Gasteiger partial charge in [0.25, 0.3) is 0 Å². The van der Waals surface area contributed by atoms with Crippen LogP contribution >= 0.6 is 0 Å². The maximum Gasteiger partial charge on any atom is 0.164 e. The Kier molecular flexibility index (Phi) is 15.2. The van der Waals surface area contributed by atoms with E-state index in [1.165, 1.54) is 128 Å². The van der Waals surface area contributed by atoms with Crippen LogP contribution in [-0.2, 0) is 4.79 Å². The van der Waals surface area contributed by atoms with Crippen LogP contribution in [0, 0.1) is 46.3 Å². The van der Waals surface area contributed by atoms with Crippen LogP contribution in [0.1, 0.15) is 202 Å². The number of carbonyl (C=O) groups excluding carboxylic acids is 1. The van der Waals surface area contributed by atoms with Crippen LogP contribution in [0.25, 0.3) is 0 Å². The summed E-state index contributed by atoms with van der Waals surface area (Å²) in [5.41, 5.74) is 1.01. The van der Waals surface area contributed by atoms with Gasteiger partial charge in [0.1, 0.15) is 5.60 Å². The number of aliphatic hydroxyl groups is 1. The molecule has 1 N–H and O–H groups in total. The minimum atomic E-state index is -1.12. The van der Waals surface area contributed by atoms with E-state index < -0.39 is 5.60 Å². The molecular weight excluding hydrogens is 572 g/mol. The van der Waals surface area contributed by atoms with E-state index >= 15 is 0 Å². The second-order valence-electron chi connectivity index (χ2n) is 18.3. The molecule has 0 aromatic heterocycles. The van der Waals surface area contributed by atoms with Gasteiger partial charge in [0.15, 0.2) is 5.78 Å². The molecule has 0 aromatic carbocycles. The van der Waals surface area contributed by atoms with Crippen molar-refractivity contribution in [3.63, 3.8) is 0 Å². The normalized spacial score (nSPS) is 34.3. The standard InChI is InChI=1S/C45H78O2/c1-7-8-9-10-11-12-13-14-15-16-17-18-19-20-21-25-42(46)45(47)33-32-43(5)37(34-45)26-27-38-40-29-28-39(36(4)24-22-23-35(2)3)44(40,6)31-30-41(38)43/h14-15,26,35-36,38-41,47H,7-13,16-25,27-34H2,1-6H3/t36-,38+,39-,40+,41+,43+,44-,45?/m1/s1. The molecule has 47 heavy (non-hydrogen) atoms. The van der Waals surface area contributed by atoms with Gasteiger partial charge in [0, 0.05) is 12.8 Å². The molecule has 3 saturated carbocycles. The summed E-state index contributed by atoms with van der Waals surface area (Å²) in [6.07, 6.45) is 37.6. The van der Waals surface area contributed by atoms with Gasteiger partial charge in [-0.25, -0.2) is 0 Å². The van der Waals surface area contributed by atoms with Gasteiger partial charge in [0.2, 0.25) is 0 Å². The molecule has 2 heteroatoms. The number of hydrogen-bond acceptors (Lipinski definition) is 2. The molecule has 0 aromatic rings. The van der Waals surface area contributed by atoms with E-state index in [0.717, 1.165) is 54.8 Å². The van der Waals surface area contributed by atoms with Crippen molar-refractivity contribution in [1.29, 1.82) is 0 Å². The van der Waals surface area contributed by atoms with Gasteiger partial charge < -0.3 is 5.11 Å². The Morgan fingerprint density at radius 2 is 1.47 bits per heavy atom.